The van der Waals surface area contributed by atoms with E-state index in [2.05, 4.69) is 34.0 Å². The minimum Gasteiger partial charge on any atom is -0.367 e. The quantitative estimate of drug-likeness (QED) is 0.923. The second-order valence-electron chi connectivity index (χ2n) is 5.14. The summed E-state index contributed by atoms with van der Waals surface area (Å²) in [6.45, 7) is 3.29. The molecule has 3 heterocycles. The Morgan fingerprint density at radius 1 is 1.50 bits per heavy atom. The van der Waals surface area contributed by atoms with Gasteiger partial charge in [0.2, 0.25) is 0 Å². The number of pyridine rings is 1. The van der Waals surface area contributed by atoms with Crippen molar-refractivity contribution < 1.29 is 0 Å². The molecule has 1 unspecified atom stereocenters. The summed E-state index contributed by atoms with van der Waals surface area (Å²) < 4.78 is 2.37. The van der Waals surface area contributed by atoms with Crippen LogP contribution >= 0.6 is 11.8 Å². The van der Waals surface area contributed by atoms with Crippen LogP contribution in [-0.4, -0.2) is 31.6 Å². The number of aryl methyl sites for hydroxylation is 1. The Hall–Kier alpha value is -1.23. The van der Waals surface area contributed by atoms with E-state index in [1.807, 2.05) is 30.2 Å². The van der Waals surface area contributed by atoms with E-state index >= 15 is 0 Å². The number of thioether (sulfide) groups is 1. The molecule has 1 fully saturated rings. The van der Waals surface area contributed by atoms with Crippen molar-refractivity contribution in [2.75, 3.05) is 17.6 Å². The van der Waals surface area contributed by atoms with Gasteiger partial charge in [-0.2, -0.15) is 11.8 Å². The lowest BCUT2D eigenvalue weighted by Gasteiger charge is -2.23. The topological polar surface area (TPSA) is 42.7 Å². The summed E-state index contributed by atoms with van der Waals surface area (Å²) in [5.41, 5.74) is 2.09. The van der Waals surface area contributed by atoms with Gasteiger partial charge in [0.25, 0.3) is 0 Å². The highest BCUT2D eigenvalue weighted by molar-refractivity contribution is 8.00. The van der Waals surface area contributed by atoms with Gasteiger partial charge in [-0.25, -0.2) is 9.97 Å². The summed E-state index contributed by atoms with van der Waals surface area (Å²) in [4.78, 5) is 8.83. The fourth-order valence-electron chi connectivity index (χ4n) is 2.44. The first-order chi connectivity index (χ1) is 8.68. The molecule has 0 radical (unpaired) electrons. The van der Waals surface area contributed by atoms with Gasteiger partial charge in [-0.1, -0.05) is 0 Å². The first kappa shape index (κ1) is 11.8. The fraction of sp³-hybridized carbons (Fsp3) is 0.538. The number of imidazole rings is 1. The van der Waals surface area contributed by atoms with Crippen LogP contribution < -0.4 is 5.32 Å². The Bertz CT molecular complexity index is 557. The molecule has 5 heteroatoms. The fourth-order valence-corrected chi connectivity index (χ4v) is 3.68. The van der Waals surface area contributed by atoms with Gasteiger partial charge in [-0.05, 0) is 31.6 Å². The van der Waals surface area contributed by atoms with Crippen molar-refractivity contribution in [3.63, 3.8) is 0 Å². The third kappa shape index (κ3) is 2.07. The summed E-state index contributed by atoms with van der Waals surface area (Å²) in [6.07, 6.45) is 6.28. The number of rotatable bonds is 3. The number of hydrogen-bond acceptors (Lipinski definition) is 4. The molecule has 0 saturated carbocycles. The zero-order valence-corrected chi connectivity index (χ0v) is 11.6. The molecular formula is C13H18N4S. The normalized spacial score (nSPS) is 23.7. The van der Waals surface area contributed by atoms with Crippen LogP contribution in [0.4, 0.5) is 5.82 Å². The van der Waals surface area contributed by atoms with Crippen LogP contribution in [0.2, 0.25) is 0 Å². The van der Waals surface area contributed by atoms with E-state index in [4.69, 9.17) is 0 Å². The molecule has 1 aliphatic rings. The Kier molecular flexibility index (Phi) is 2.93. The van der Waals surface area contributed by atoms with Crippen LogP contribution in [0.3, 0.4) is 0 Å². The Morgan fingerprint density at radius 2 is 2.39 bits per heavy atom. The lowest BCUT2D eigenvalue weighted by molar-refractivity contribution is 0.634. The second-order valence-corrected chi connectivity index (χ2v) is 6.82. The van der Waals surface area contributed by atoms with Gasteiger partial charge in [0.1, 0.15) is 5.52 Å². The van der Waals surface area contributed by atoms with Crippen molar-refractivity contribution in [2.45, 2.75) is 24.5 Å². The molecule has 0 aromatic carbocycles. The SMILES string of the molecule is Cn1cnc2c(NCC3(C)CCCS3)nccc21. The highest BCUT2D eigenvalue weighted by atomic mass is 32.2. The third-order valence-corrected chi connectivity index (χ3v) is 5.11. The maximum atomic E-state index is 4.42. The van der Waals surface area contributed by atoms with E-state index < -0.39 is 0 Å². The van der Waals surface area contributed by atoms with Crippen molar-refractivity contribution >= 4 is 28.6 Å². The summed E-state index contributed by atoms with van der Waals surface area (Å²) in [5.74, 6) is 2.18. The zero-order valence-electron chi connectivity index (χ0n) is 10.8. The molecule has 0 aliphatic carbocycles. The predicted molar refractivity (Wildman–Crippen MR) is 77.1 cm³/mol. The molecule has 2 aromatic rings. The largest absolute Gasteiger partial charge is 0.367 e. The van der Waals surface area contributed by atoms with E-state index in [1.54, 1.807) is 0 Å². The average Bonchev–Trinajstić information content (AvgIpc) is 2.96. The van der Waals surface area contributed by atoms with Gasteiger partial charge in [-0.3, -0.25) is 0 Å². The summed E-state index contributed by atoms with van der Waals surface area (Å²) in [5, 5.41) is 3.48. The van der Waals surface area contributed by atoms with Gasteiger partial charge in [0, 0.05) is 24.5 Å². The molecule has 0 spiro atoms. The summed E-state index contributed by atoms with van der Waals surface area (Å²) in [7, 11) is 2.01. The van der Waals surface area contributed by atoms with Crippen molar-refractivity contribution in [3.05, 3.63) is 18.6 Å². The molecule has 0 amide bonds. The number of fused-ring (bicyclic) bond motifs is 1. The van der Waals surface area contributed by atoms with E-state index in [0.717, 1.165) is 23.4 Å². The maximum Gasteiger partial charge on any atom is 0.154 e. The van der Waals surface area contributed by atoms with Crippen molar-refractivity contribution in [3.8, 4) is 0 Å². The number of hydrogen-bond donors (Lipinski definition) is 1. The molecule has 3 rings (SSSR count). The maximum absolute atomic E-state index is 4.42. The first-order valence-corrected chi connectivity index (χ1v) is 7.30. The second kappa shape index (κ2) is 4.46. The molecule has 1 aliphatic heterocycles. The Balaban J connectivity index is 1.82. The molecule has 0 bridgehead atoms. The van der Waals surface area contributed by atoms with Crippen LogP contribution in [0.15, 0.2) is 18.6 Å². The molecular weight excluding hydrogens is 244 g/mol. The highest BCUT2D eigenvalue weighted by Gasteiger charge is 2.29. The number of anilines is 1. The molecule has 1 saturated heterocycles. The van der Waals surface area contributed by atoms with Crippen LogP contribution in [0.5, 0.6) is 0 Å². The van der Waals surface area contributed by atoms with Crippen molar-refractivity contribution in [1.82, 2.24) is 14.5 Å². The monoisotopic (exact) mass is 262 g/mol. The Labute approximate surface area is 111 Å². The van der Waals surface area contributed by atoms with E-state index in [0.29, 0.717) is 4.75 Å². The standard InChI is InChI=1S/C13H18N4S/c1-13(5-3-7-18-13)8-15-12-11-10(4-6-14-12)17(2)9-16-11/h4,6,9H,3,5,7-8H2,1-2H3,(H,14,15). The summed E-state index contributed by atoms with van der Waals surface area (Å²) >= 11 is 2.06. The van der Waals surface area contributed by atoms with Crippen LogP contribution in [0.25, 0.3) is 11.0 Å². The van der Waals surface area contributed by atoms with Gasteiger partial charge in [-0.15, -0.1) is 0 Å². The molecule has 1 N–H and O–H groups in total. The van der Waals surface area contributed by atoms with Gasteiger partial charge in [0.15, 0.2) is 5.82 Å². The molecule has 1 atom stereocenters. The van der Waals surface area contributed by atoms with E-state index in [9.17, 15) is 0 Å². The lowest BCUT2D eigenvalue weighted by Crippen LogP contribution is -2.27. The zero-order chi connectivity index (χ0) is 12.6. The van der Waals surface area contributed by atoms with Crippen LogP contribution in [0.1, 0.15) is 19.8 Å². The van der Waals surface area contributed by atoms with E-state index in [-0.39, 0.29) is 0 Å². The predicted octanol–water partition coefficient (Wildman–Crippen LogP) is 2.67. The lowest BCUT2D eigenvalue weighted by atomic mass is 10.1. The van der Waals surface area contributed by atoms with Gasteiger partial charge < -0.3 is 9.88 Å². The highest BCUT2D eigenvalue weighted by Crippen LogP contribution is 2.37. The van der Waals surface area contributed by atoms with Crippen LogP contribution in [0, 0.1) is 0 Å². The number of nitrogens with zero attached hydrogens (tertiary/aromatic N) is 3. The Morgan fingerprint density at radius 3 is 3.17 bits per heavy atom. The van der Waals surface area contributed by atoms with Gasteiger partial charge in [0.05, 0.1) is 11.8 Å². The van der Waals surface area contributed by atoms with Gasteiger partial charge >= 0.3 is 0 Å². The minimum atomic E-state index is 0.346. The smallest absolute Gasteiger partial charge is 0.154 e. The van der Waals surface area contributed by atoms with Crippen molar-refractivity contribution in [2.24, 2.45) is 7.05 Å². The molecule has 4 nitrogen and oxygen atoms in total. The summed E-state index contributed by atoms with van der Waals surface area (Å²) in [6, 6.07) is 2.00. The molecule has 2 aromatic heterocycles. The minimum absolute atomic E-state index is 0.346. The number of aromatic nitrogens is 3. The first-order valence-electron chi connectivity index (χ1n) is 6.32. The van der Waals surface area contributed by atoms with E-state index in [1.165, 1.54) is 18.6 Å². The van der Waals surface area contributed by atoms with Crippen LogP contribution in [-0.2, 0) is 7.05 Å². The molecule has 96 valence electrons. The van der Waals surface area contributed by atoms with Crippen molar-refractivity contribution in [1.29, 1.82) is 0 Å². The number of nitrogens with one attached hydrogen (secondary N) is 1. The molecule has 18 heavy (non-hydrogen) atoms. The third-order valence-electron chi connectivity index (χ3n) is 3.57. The average molecular weight is 262 g/mol.